The van der Waals surface area contributed by atoms with Gasteiger partial charge in [0, 0.05) is 0 Å². The average molecular weight is 176 g/mol. The number of hydrogen-bond acceptors (Lipinski definition) is 3. The van der Waals surface area contributed by atoms with Crippen LogP contribution in [0.4, 0.5) is 0 Å². The van der Waals surface area contributed by atoms with Crippen LogP contribution in [-0.4, -0.2) is 19.9 Å². The molecule has 0 radical (unpaired) electrons. The van der Waals surface area contributed by atoms with Gasteiger partial charge in [0.2, 0.25) is 0 Å². The van der Waals surface area contributed by atoms with Crippen LogP contribution in [0.3, 0.4) is 0 Å². The second-order valence-electron chi connectivity index (χ2n) is 3.41. The van der Waals surface area contributed by atoms with E-state index in [-0.39, 0.29) is 0 Å². The maximum absolute atomic E-state index is 4.39. The van der Waals surface area contributed by atoms with Gasteiger partial charge in [0.25, 0.3) is 0 Å². The Morgan fingerprint density at radius 1 is 1.31 bits per heavy atom. The first-order chi connectivity index (χ1) is 6.18. The van der Waals surface area contributed by atoms with E-state index in [1.807, 2.05) is 6.92 Å². The average Bonchev–Trinajstić information content (AvgIpc) is 2.49. The molecular weight excluding hydrogens is 164 g/mol. The van der Waals surface area contributed by atoms with Gasteiger partial charge in [0.15, 0.2) is 5.65 Å². The van der Waals surface area contributed by atoms with Crippen LogP contribution < -0.4 is 0 Å². The lowest BCUT2D eigenvalue weighted by Crippen LogP contribution is -1.99. The number of aromatic amines is 1. The van der Waals surface area contributed by atoms with Crippen LogP contribution in [0.15, 0.2) is 6.33 Å². The molecule has 0 saturated heterocycles. The standard InChI is InChI=1S/C9H12N4/c1-5(2)7-8-9(11-4-10-8)13-6(3)12-7/h4-5H,1-3H3,(H,10,11,12,13). The number of aryl methyl sites for hydroxylation is 1. The zero-order valence-electron chi connectivity index (χ0n) is 8.00. The quantitative estimate of drug-likeness (QED) is 0.720. The molecule has 13 heavy (non-hydrogen) atoms. The van der Waals surface area contributed by atoms with Crippen molar-refractivity contribution in [3.05, 3.63) is 17.8 Å². The summed E-state index contributed by atoms with van der Waals surface area (Å²) in [5, 5.41) is 0. The third-order valence-electron chi connectivity index (χ3n) is 1.97. The molecule has 4 nitrogen and oxygen atoms in total. The van der Waals surface area contributed by atoms with E-state index in [1.165, 1.54) is 0 Å². The first-order valence-electron chi connectivity index (χ1n) is 4.36. The third kappa shape index (κ3) is 1.28. The summed E-state index contributed by atoms with van der Waals surface area (Å²) in [7, 11) is 0. The highest BCUT2D eigenvalue weighted by Crippen LogP contribution is 2.19. The van der Waals surface area contributed by atoms with Gasteiger partial charge < -0.3 is 4.98 Å². The Hall–Kier alpha value is -1.45. The minimum absolute atomic E-state index is 0.393. The molecule has 2 aromatic heterocycles. The van der Waals surface area contributed by atoms with Gasteiger partial charge in [0.1, 0.15) is 11.3 Å². The molecule has 2 heterocycles. The van der Waals surface area contributed by atoms with Gasteiger partial charge in [-0.1, -0.05) is 13.8 Å². The van der Waals surface area contributed by atoms with Crippen LogP contribution in [-0.2, 0) is 0 Å². The van der Waals surface area contributed by atoms with Crippen molar-refractivity contribution in [1.82, 2.24) is 19.9 Å². The predicted molar refractivity (Wildman–Crippen MR) is 50.5 cm³/mol. The van der Waals surface area contributed by atoms with E-state index >= 15 is 0 Å². The molecule has 0 amide bonds. The van der Waals surface area contributed by atoms with Crippen LogP contribution in [0, 0.1) is 6.92 Å². The Kier molecular flexibility index (Phi) is 1.76. The molecule has 0 spiro atoms. The number of nitrogens with zero attached hydrogens (tertiary/aromatic N) is 3. The molecule has 1 N–H and O–H groups in total. The number of aromatic nitrogens is 4. The van der Waals surface area contributed by atoms with Gasteiger partial charge in [-0.2, -0.15) is 0 Å². The molecular formula is C9H12N4. The minimum atomic E-state index is 0.393. The summed E-state index contributed by atoms with van der Waals surface area (Å²) in [5.41, 5.74) is 2.76. The van der Waals surface area contributed by atoms with Crippen LogP contribution in [0.2, 0.25) is 0 Å². The summed E-state index contributed by atoms with van der Waals surface area (Å²) < 4.78 is 0. The molecule has 0 bridgehead atoms. The lowest BCUT2D eigenvalue weighted by molar-refractivity contribution is 0.814. The van der Waals surface area contributed by atoms with E-state index in [4.69, 9.17) is 0 Å². The van der Waals surface area contributed by atoms with Gasteiger partial charge >= 0.3 is 0 Å². The van der Waals surface area contributed by atoms with Crippen molar-refractivity contribution < 1.29 is 0 Å². The van der Waals surface area contributed by atoms with E-state index in [0.717, 1.165) is 22.7 Å². The van der Waals surface area contributed by atoms with E-state index < -0.39 is 0 Å². The summed E-state index contributed by atoms with van der Waals surface area (Å²) in [4.78, 5) is 15.8. The fraction of sp³-hybridized carbons (Fsp3) is 0.444. The number of imidazole rings is 1. The van der Waals surface area contributed by atoms with Crippen molar-refractivity contribution >= 4 is 11.2 Å². The minimum Gasteiger partial charge on any atom is -0.342 e. The Morgan fingerprint density at radius 2 is 2.08 bits per heavy atom. The molecule has 0 aliphatic heterocycles. The summed E-state index contributed by atoms with van der Waals surface area (Å²) >= 11 is 0. The SMILES string of the molecule is Cc1nc(C(C)C)c2[nH]cnc2n1. The van der Waals surface area contributed by atoms with Crippen LogP contribution in [0.25, 0.3) is 11.2 Å². The monoisotopic (exact) mass is 176 g/mol. The summed E-state index contributed by atoms with van der Waals surface area (Å²) in [6.07, 6.45) is 1.66. The van der Waals surface area contributed by atoms with Crippen LogP contribution in [0.1, 0.15) is 31.3 Å². The predicted octanol–water partition coefficient (Wildman–Crippen LogP) is 1.78. The lowest BCUT2D eigenvalue weighted by atomic mass is 10.1. The molecule has 0 fully saturated rings. The van der Waals surface area contributed by atoms with Crippen molar-refractivity contribution in [3.63, 3.8) is 0 Å². The fourth-order valence-electron chi connectivity index (χ4n) is 1.39. The molecule has 2 rings (SSSR count). The second-order valence-corrected chi connectivity index (χ2v) is 3.41. The normalized spacial score (nSPS) is 11.4. The van der Waals surface area contributed by atoms with E-state index in [0.29, 0.717) is 5.92 Å². The summed E-state index contributed by atoms with van der Waals surface area (Å²) in [6.45, 7) is 6.12. The highest BCUT2D eigenvalue weighted by atomic mass is 15.0. The largest absolute Gasteiger partial charge is 0.342 e. The zero-order chi connectivity index (χ0) is 9.42. The van der Waals surface area contributed by atoms with Gasteiger partial charge in [0.05, 0.1) is 12.0 Å². The third-order valence-corrected chi connectivity index (χ3v) is 1.97. The fourth-order valence-corrected chi connectivity index (χ4v) is 1.39. The first-order valence-corrected chi connectivity index (χ1v) is 4.36. The van der Waals surface area contributed by atoms with Crippen molar-refractivity contribution in [2.75, 3.05) is 0 Å². The molecule has 0 aromatic carbocycles. The lowest BCUT2D eigenvalue weighted by Gasteiger charge is -2.05. The molecule has 68 valence electrons. The second kappa shape index (κ2) is 2.80. The molecule has 0 saturated carbocycles. The Morgan fingerprint density at radius 3 is 2.77 bits per heavy atom. The summed E-state index contributed by atoms with van der Waals surface area (Å²) in [5.74, 6) is 1.17. The van der Waals surface area contributed by atoms with Gasteiger partial charge in [-0.3, -0.25) is 0 Å². The molecule has 0 aliphatic carbocycles. The zero-order valence-corrected chi connectivity index (χ0v) is 8.00. The number of H-pyrrole nitrogens is 1. The molecule has 2 aromatic rings. The van der Waals surface area contributed by atoms with Gasteiger partial charge in [-0.25, -0.2) is 15.0 Å². The molecule has 4 heteroatoms. The van der Waals surface area contributed by atoms with Crippen LogP contribution >= 0.6 is 0 Å². The van der Waals surface area contributed by atoms with Gasteiger partial charge in [-0.05, 0) is 12.8 Å². The van der Waals surface area contributed by atoms with E-state index in [9.17, 15) is 0 Å². The van der Waals surface area contributed by atoms with Crippen LogP contribution in [0.5, 0.6) is 0 Å². The molecule has 0 atom stereocenters. The number of nitrogens with one attached hydrogen (secondary N) is 1. The van der Waals surface area contributed by atoms with E-state index in [2.05, 4.69) is 33.8 Å². The number of fused-ring (bicyclic) bond motifs is 1. The Balaban J connectivity index is 2.77. The van der Waals surface area contributed by atoms with Crippen molar-refractivity contribution in [1.29, 1.82) is 0 Å². The van der Waals surface area contributed by atoms with Crippen molar-refractivity contribution in [2.45, 2.75) is 26.7 Å². The smallest absolute Gasteiger partial charge is 0.181 e. The maximum atomic E-state index is 4.39. The Bertz CT molecular complexity index is 430. The van der Waals surface area contributed by atoms with Crippen molar-refractivity contribution in [3.8, 4) is 0 Å². The highest BCUT2D eigenvalue weighted by molar-refractivity contribution is 5.72. The van der Waals surface area contributed by atoms with E-state index in [1.54, 1.807) is 6.33 Å². The van der Waals surface area contributed by atoms with Crippen molar-refractivity contribution in [2.24, 2.45) is 0 Å². The highest BCUT2D eigenvalue weighted by Gasteiger charge is 2.10. The summed E-state index contributed by atoms with van der Waals surface area (Å²) in [6, 6.07) is 0. The maximum Gasteiger partial charge on any atom is 0.181 e. The molecule has 0 aliphatic rings. The van der Waals surface area contributed by atoms with Gasteiger partial charge in [-0.15, -0.1) is 0 Å². The number of hydrogen-bond donors (Lipinski definition) is 1. The number of rotatable bonds is 1. The Labute approximate surface area is 76.4 Å². The topological polar surface area (TPSA) is 54.5 Å². The first kappa shape index (κ1) is 8.16. The molecule has 0 unspecified atom stereocenters.